The minimum absolute atomic E-state index is 0.259. The predicted octanol–water partition coefficient (Wildman–Crippen LogP) is 2.47. The molecule has 0 saturated heterocycles. The predicted molar refractivity (Wildman–Crippen MR) is 42.0 cm³/mol. The van der Waals surface area contributed by atoms with Crippen LogP contribution in [0, 0.1) is 24.2 Å². The molecule has 0 amide bonds. The summed E-state index contributed by atoms with van der Waals surface area (Å²) in [5, 5.41) is 0. The maximum atomic E-state index is 5.24. The van der Waals surface area contributed by atoms with E-state index in [0.29, 0.717) is 5.92 Å². The summed E-state index contributed by atoms with van der Waals surface area (Å²) in [6.45, 7) is 7.94. The molecule has 0 radical (unpaired) electrons. The average Bonchev–Trinajstić information content (AvgIpc) is 1.90. The average molecular weight is 122 g/mol. The Balaban J connectivity index is 3.82. The zero-order valence-electron chi connectivity index (χ0n) is 6.22. The van der Waals surface area contributed by atoms with E-state index < -0.39 is 0 Å². The summed E-state index contributed by atoms with van der Waals surface area (Å²) in [4.78, 5) is 0. The zero-order chi connectivity index (χ0) is 7.28. The zero-order valence-corrected chi connectivity index (χ0v) is 6.22. The van der Waals surface area contributed by atoms with Gasteiger partial charge in [-0.15, -0.1) is 13.0 Å². The molecule has 0 saturated carbocycles. The maximum absolute atomic E-state index is 5.24. The van der Waals surface area contributed by atoms with E-state index in [1.165, 1.54) is 0 Å². The van der Waals surface area contributed by atoms with E-state index in [1.807, 2.05) is 6.08 Å². The summed E-state index contributed by atoms with van der Waals surface area (Å²) < 4.78 is 0. The highest BCUT2D eigenvalue weighted by Gasteiger charge is 2.06. The van der Waals surface area contributed by atoms with Crippen LogP contribution in [0.1, 0.15) is 20.3 Å². The topological polar surface area (TPSA) is 0 Å². The number of hydrogen-bond donors (Lipinski definition) is 0. The Morgan fingerprint density at radius 3 is 2.44 bits per heavy atom. The molecule has 0 bridgehead atoms. The van der Waals surface area contributed by atoms with E-state index in [-0.39, 0.29) is 5.92 Å². The van der Waals surface area contributed by atoms with Crippen molar-refractivity contribution < 1.29 is 0 Å². The van der Waals surface area contributed by atoms with E-state index >= 15 is 0 Å². The summed E-state index contributed by atoms with van der Waals surface area (Å²) in [5.41, 5.74) is 0. The SMILES string of the molecule is C#CC(C=C)C(C)CC. The summed E-state index contributed by atoms with van der Waals surface area (Å²) in [6, 6.07) is 0. The fourth-order valence-electron chi connectivity index (χ4n) is 0.719. The lowest BCUT2D eigenvalue weighted by atomic mass is 9.93. The van der Waals surface area contributed by atoms with Crippen LogP contribution in [0.5, 0.6) is 0 Å². The quantitative estimate of drug-likeness (QED) is 0.398. The number of hydrogen-bond acceptors (Lipinski definition) is 0. The van der Waals surface area contributed by atoms with Crippen LogP contribution in [0.15, 0.2) is 12.7 Å². The third kappa shape index (κ3) is 2.37. The molecule has 0 fully saturated rings. The van der Waals surface area contributed by atoms with Crippen LogP contribution in [0.4, 0.5) is 0 Å². The third-order valence-corrected chi connectivity index (χ3v) is 1.70. The first kappa shape index (κ1) is 8.30. The molecular weight excluding hydrogens is 108 g/mol. The van der Waals surface area contributed by atoms with Crippen LogP contribution in [0.3, 0.4) is 0 Å². The van der Waals surface area contributed by atoms with Crippen LogP contribution in [-0.2, 0) is 0 Å². The molecule has 0 heteroatoms. The van der Waals surface area contributed by atoms with Gasteiger partial charge in [0.2, 0.25) is 0 Å². The van der Waals surface area contributed by atoms with Crippen molar-refractivity contribution in [3.63, 3.8) is 0 Å². The second-order valence-electron chi connectivity index (χ2n) is 2.31. The van der Waals surface area contributed by atoms with Crippen LogP contribution in [0.2, 0.25) is 0 Å². The molecule has 0 aliphatic carbocycles. The Kier molecular flexibility index (Phi) is 3.88. The van der Waals surface area contributed by atoms with Crippen LogP contribution in [-0.4, -0.2) is 0 Å². The molecule has 50 valence electrons. The standard InChI is InChI=1S/C9H14/c1-5-8(4)9(6-2)7-3/h2,7-9H,3,5H2,1,4H3. The minimum atomic E-state index is 0.259. The molecule has 0 heterocycles. The van der Waals surface area contributed by atoms with Crippen molar-refractivity contribution in [2.75, 3.05) is 0 Å². The summed E-state index contributed by atoms with van der Waals surface area (Å²) in [6.07, 6.45) is 8.21. The van der Waals surface area contributed by atoms with Crippen molar-refractivity contribution in [2.24, 2.45) is 11.8 Å². The molecule has 0 aromatic heterocycles. The summed E-state index contributed by atoms with van der Waals surface area (Å²) >= 11 is 0. The van der Waals surface area contributed by atoms with Gasteiger partial charge in [-0.3, -0.25) is 0 Å². The highest BCUT2D eigenvalue weighted by molar-refractivity contribution is 5.03. The molecule has 0 aromatic carbocycles. The molecule has 0 spiro atoms. The monoisotopic (exact) mass is 122 g/mol. The van der Waals surface area contributed by atoms with Gasteiger partial charge in [-0.1, -0.05) is 32.3 Å². The van der Waals surface area contributed by atoms with E-state index in [0.717, 1.165) is 6.42 Å². The molecular formula is C9H14. The molecule has 2 atom stereocenters. The normalized spacial score (nSPS) is 15.7. The van der Waals surface area contributed by atoms with Gasteiger partial charge < -0.3 is 0 Å². The largest absolute Gasteiger partial charge is 0.119 e. The van der Waals surface area contributed by atoms with E-state index in [1.54, 1.807) is 0 Å². The third-order valence-electron chi connectivity index (χ3n) is 1.70. The summed E-state index contributed by atoms with van der Waals surface area (Å²) in [5.74, 6) is 3.52. The van der Waals surface area contributed by atoms with Gasteiger partial charge in [-0.25, -0.2) is 0 Å². The Morgan fingerprint density at radius 2 is 2.33 bits per heavy atom. The lowest BCUT2D eigenvalue weighted by Gasteiger charge is -2.11. The highest BCUT2D eigenvalue weighted by atomic mass is 14.1. The Hall–Kier alpha value is -0.700. The fourth-order valence-corrected chi connectivity index (χ4v) is 0.719. The van der Waals surface area contributed by atoms with Gasteiger partial charge in [0.1, 0.15) is 0 Å². The van der Waals surface area contributed by atoms with Gasteiger partial charge >= 0.3 is 0 Å². The van der Waals surface area contributed by atoms with Gasteiger partial charge in [0, 0.05) is 5.92 Å². The number of rotatable bonds is 3. The molecule has 9 heavy (non-hydrogen) atoms. The second kappa shape index (κ2) is 4.21. The van der Waals surface area contributed by atoms with Gasteiger partial charge in [-0.05, 0) is 5.92 Å². The lowest BCUT2D eigenvalue weighted by Crippen LogP contribution is -2.04. The van der Waals surface area contributed by atoms with Gasteiger partial charge in [-0.2, -0.15) is 0 Å². The first-order valence-electron chi connectivity index (χ1n) is 3.34. The molecule has 0 aliphatic heterocycles. The van der Waals surface area contributed by atoms with Crippen molar-refractivity contribution in [1.29, 1.82) is 0 Å². The van der Waals surface area contributed by atoms with Gasteiger partial charge in [0.15, 0.2) is 0 Å². The first-order chi connectivity index (χ1) is 4.26. The van der Waals surface area contributed by atoms with E-state index in [4.69, 9.17) is 6.42 Å². The van der Waals surface area contributed by atoms with Crippen molar-refractivity contribution >= 4 is 0 Å². The van der Waals surface area contributed by atoms with Crippen LogP contribution < -0.4 is 0 Å². The fraction of sp³-hybridized carbons (Fsp3) is 0.556. The Bertz CT molecular complexity index is 116. The second-order valence-corrected chi connectivity index (χ2v) is 2.31. The number of terminal acetylenes is 1. The Morgan fingerprint density at radius 1 is 1.78 bits per heavy atom. The first-order valence-corrected chi connectivity index (χ1v) is 3.34. The van der Waals surface area contributed by atoms with Crippen molar-refractivity contribution in [2.45, 2.75) is 20.3 Å². The van der Waals surface area contributed by atoms with Gasteiger partial charge in [0.05, 0.1) is 0 Å². The smallest absolute Gasteiger partial charge is 0.0402 e. The van der Waals surface area contributed by atoms with E-state index in [2.05, 4.69) is 26.3 Å². The summed E-state index contributed by atoms with van der Waals surface area (Å²) in [7, 11) is 0. The molecule has 0 rings (SSSR count). The van der Waals surface area contributed by atoms with Crippen molar-refractivity contribution in [1.82, 2.24) is 0 Å². The van der Waals surface area contributed by atoms with Crippen LogP contribution in [0.25, 0.3) is 0 Å². The molecule has 0 nitrogen and oxygen atoms in total. The van der Waals surface area contributed by atoms with Gasteiger partial charge in [0.25, 0.3) is 0 Å². The van der Waals surface area contributed by atoms with E-state index in [9.17, 15) is 0 Å². The minimum Gasteiger partial charge on any atom is -0.119 e. The van der Waals surface area contributed by atoms with Crippen LogP contribution >= 0.6 is 0 Å². The Labute approximate surface area is 58.0 Å². The maximum Gasteiger partial charge on any atom is 0.0402 e. The molecule has 0 N–H and O–H groups in total. The van der Waals surface area contributed by atoms with Crippen molar-refractivity contribution in [3.8, 4) is 12.3 Å². The number of allylic oxidation sites excluding steroid dienone is 1. The molecule has 2 unspecified atom stereocenters. The molecule has 0 aromatic rings. The molecule has 0 aliphatic rings. The van der Waals surface area contributed by atoms with Crippen molar-refractivity contribution in [3.05, 3.63) is 12.7 Å². The lowest BCUT2D eigenvalue weighted by molar-refractivity contribution is 0.496. The highest BCUT2D eigenvalue weighted by Crippen LogP contribution is 2.14.